The van der Waals surface area contributed by atoms with Crippen molar-refractivity contribution in [2.75, 3.05) is 5.75 Å². The van der Waals surface area contributed by atoms with Crippen LogP contribution >= 0.6 is 11.8 Å². The SMILES string of the molecule is CCSC1CCC(NCc2ccncn2)C1. The fraction of sp³-hybridized carbons (Fsp3) is 0.667. The van der Waals surface area contributed by atoms with Crippen LogP contribution in [0.1, 0.15) is 31.9 Å². The predicted octanol–water partition coefficient (Wildman–Crippen LogP) is 2.24. The van der Waals surface area contributed by atoms with E-state index in [2.05, 4.69) is 34.0 Å². The largest absolute Gasteiger partial charge is 0.308 e. The van der Waals surface area contributed by atoms with Crippen molar-refractivity contribution < 1.29 is 0 Å². The van der Waals surface area contributed by atoms with E-state index in [0.717, 1.165) is 17.5 Å². The Morgan fingerprint density at radius 2 is 2.44 bits per heavy atom. The van der Waals surface area contributed by atoms with Crippen molar-refractivity contribution in [3.8, 4) is 0 Å². The molecule has 0 amide bonds. The Morgan fingerprint density at radius 1 is 1.50 bits per heavy atom. The molecule has 2 rings (SSSR count). The first-order valence-electron chi connectivity index (χ1n) is 5.98. The van der Waals surface area contributed by atoms with Gasteiger partial charge in [0.15, 0.2) is 0 Å². The molecule has 0 radical (unpaired) electrons. The van der Waals surface area contributed by atoms with Gasteiger partial charge in [0.25, 0.3) is 0 Å². The molecule has 1 aromatic rings. The first kappa shape index (κ1) is 11.9. The molecule has 0 bridgehead atoms. The minimum Gasteiger partial charge on any atom is -0.308 e. The molecule has 88 valence electrons. The van der Waals surface area contributed by atoms with Gasteiger partial charge in [0, 0.05) is 24.0 Å². The monoisotopic (exact) mass is 237 g/mol. The quantitative estimate of drug-likeness (QED) is 0.852. The van der Waals surface area contributed by atoms with E-state index in [0.29, 0.717) is 6.04 Å². The van der Waals surface area contributed by atoms with Crippen molar-refractivity contribution in [1.82, 2.24) is 15.3 Å². The zero-order chi connectivity index (χ0) is 11.2. The number of nitrogens with zero attached hydrogens (tertiary/aromatic N) is 2. The molecule has 1 heterocycles. The average molecular weight is 237 g/mol. The highest BCUT2D eigenvalue weighted by Crippen LogP contribution is 2.29. The second-order valence-electron chi connectivity index (χ2n) is 4.17. The van der Waals surface area contributed by atoms with Crippen LogP contribution in [0.25, 0.3) is 0 Å². The Balaban J connectivity index is 1.72. The van der Waals surface area contributed by atoms with Gasteiger partial charge >= 0.3 is 0 Å². The third-order valence-corrected chi connectivity index (χ3v) is 4.23. The number of rotatable bonds is 5. The van der Waals surface area contributed by atoms with Crippen molar-refractivity contribution in [3.63, 3.8) is 0 Å². The van der Waals surface area contributed by atoms with Gasteiger partial charge in [0.2, 0.25) is 0 Å². The lowest BCUT2D eigenvalue weighted by Crippen LogP contribution is -2.26. The third kappa shape index (κ3) is 3.46. The molecule has 2 atom stereocenters. The average Bonchev–Trinajstić information content (AvgIpc) is 2.76. The van der Waals surface area contributed by atoms with Gasteiger partial charge in [-0.15, -0.1) is 0 Å². The van der Waals surface area contributed by atoms with E-state index in [-0.39, 0.29) is 0 Å². The molecular weight excluding hydrogens is 218 g/mol. The van der Waals surface area contributed by atoms with Crippen LogP contribution in [-0.4, -0.2) is 27.0 Å². The second-order valence-corrected chi connectivity index (χ2v) is 5.75. The molecule has 0 saturated heterocycles. The molecule has 3 nitrogen and oxygen atoms in total. The minimum absolute atomic E-state index is 0.680. The molecule has 1 saturated carbocycles. The van der Waals surface area contributed by atoms with Gasteiger partial charge in [-0.05, 0) is 31.1 Å². The maximum Gasteiger partial charge on any atom is 0.115 e. The Bertz CT molecular complexity index is 304. The highest BCUT2D eigenvalue weighted by atomic mass is 32.2. The second kappa shape index (κ2) is 6.21. The van der Waals surface area contributed by atoms with Gasteiger partial charge in [-0.2, -0.15) is 11.8 Å². The fourth-order valence-corrected chi connectivity index (χ4v) is 3.33. The van der Waals surface area contributed by atoms with Crippen LogP contribution in [0.3, 0.4) is 0 Å². The van der Waals surface area contributed by atoms with Crippen molar-refractivity contribution >= 4 is 11.8 Å². The molecule has 0 aromatic carbocycles. The van der Waals surface area contributed by atoms with Gasteiger partial charge in [0.1, 0.15) is 6.33 Å². The Kier molecular flexibility index (Phi) is 4.60. The summed E-state index contributed by atoms with van der Waals surface area (Å²) in [6, 6.07) is 2.65. The van der Waals surface area contributed by atoms with Crippen LogP contribution in [0.5, 0.6) is 0 Å². The molecule has 2 unspecified atom stereocenters. The Labute approximate surface area is 101 Å². The molecular formula is C12H19N3S. The molecule has 1 fully saturated rings. The first-order valence-corrected chi connectivity index (χ1v) is 7.03. The Morgan fingerprint density at radius 3 is 3.19 bits per heavy atom. The summed E-state index contributed by atoms with van der Waals surface area (Å²) < 4.78 is 0. The van der Waals surface area contributed by atoms with Crippen LogP contribution in [0.4, 0.5) is 0 Å². The lowest BCUT2D eigenvalue weighted by Gasteiger charge is -2.12. The maximum absolute atomic E-state index is 4.22. The van der Waals surface area contributed by atoms with E-state index in [1.807, 2.05) is 6.07 Å². The highest BCUT2D eigenvalue weighted by molar-refractivity contribution is 7.99. The van der Waals surface area contributed by atoms with E-state index in [4.69, 9.17) is 0 Å². The molecule has 1 aliphatic rings. The van der Waals surface area contributed by atoms with E-state index in [9.17, 15) is 0 Å². The zero-order valence-corrected chi connectivity index (χ0v) is 10.5. The number of hydrogen-bond donors (Lipinski definition) is 1. The molecule has 1 N–H and O–H groups in total. The van der Waals surface area contributed by atoms with Gasteiger partial charge in [-0.3, -0.25) is 0 Å². The summed E-state index contributed by atoms with van der Waals surface area (Å²) in [4.78, 5) is 8.14. The van der Waals surface area contributed by atoms with Crippen LogP contribution in [0.2, 0.25) is 0 Å². The highest BCUT2D eigenvalue weighted by Gasteiger charge is 2.23. The topological polar surface area (TPSA) is 37.8 Å². The van der Waals surface area contributed by atoms with Crippen molar-refractivity contribution in [3.05, 3.63) is 24.3 Å². The molecule has 0 aliphatic heterocycles. The smallest absolute Gasteiger partial charge is 0.115 e. The summed E-state index contributed by atoms with van der Waals surface area (Å²) >= 11 is 2.10. The van der Waals surface area contributed by atoms with Crippen molar-refractivity contribution in [1.29, 1.82) is 0 Å². The van der Waals surface area contributed by atoms with Crippen LogP contribution in [0, 0.1) is 0 Å². The standard InChI is InChI=1S/C12H19N3S/c1-2-16-12-4-3-10(7-12)14-8-11-5-6-13-9-15-11/h5-6,9-10,12,14H,2-4,7-8H2,1H3. The number of nitrogens with one attached hydrogen (secondary N) is 1. The van der Waals surface area contributed by atoms with Gasteiger partial charge < -0.3 is 5.32 Å². The lowest BCUT2D eigenvalue weighted by atomic mass is 10.2. The van der Waals surface area contributed by atoms with Crippen LogP contribution < -0.4 is 5.32 Å². The number of thioether (sulfide) groups is 1. The number of hydrogen-bond acceptors (Lipinski definition) is 4. The van der Waals surface area contributed by atoms with Crippen molar-refractivity contribution in [2.24, 2.45) is 0 Å². The number of aromatic nitrogens is 2. The summed E-state index contributed by atoms with van der Waals surface area (Å²) in [6.07, 6.45) is 7.39. The molecule has 4 heteroatoms. The van der Waals surface area contributed by atoms with Gasteiger partial charge in [-0.25, -0.2) is 9.97 Å². The molecule has 1 aromatic heterocycles. The maximum atomic E-state index is 4.22. The van der Waals surface area contributed by atoms with Gasteiger partial charge in [-0.1, -0.05) is 6.92 Å². The Hall–Kier alpha value is -0.610. The zero-order valence-electron chi connectivity index (χ0n) is 9.72. The fourth-order valence-electron chi connectivity index (χ4n) is 2.18. The van der Waals surface area contributed by atoms with E-state index in [1.54, 1.807) is 12.5 Å². The predicted molar refractivity (Wildman–Crippen MR) is 68.4 cm³/mol. The lowest BCUT2D eigenvalue weighted by molar-refractivity contribution is 0.520. The van der Waals surface area contributed by atoms with Crippen molar-refractivity contribution in [2.45, 2.75) is 44.0 Å². The summed E-state index contributed by atoms with van der Waals surface area (Å²) in [5, 5.41) is 4.45. The van der Waals surface area contributed by atoms with Gasteiger partial charge in [0.05, 0.1) is 5.69 Å². The molecule has 0 spiro atoms. The molecule has 16 heavy (non-hydrogen) atoms. The minimum atomic E-state index is 0.680. The summed E-state index contributed by atoms with van der Waals surface area (Å²) in [6.45, 7) is 3.11. The first-order chi connectivity index (χ1) is 7.88. The third-order valence-electron chi connectivity index (χ3n) is 3.00. The van der Waals surface area contributed by atoms with Crippen LogP contribution in [0.15, 0.2) is 18.6 Å². The summed E-state index contributed by atoms with van der Waals surface area (Å²) in [7, 11) is 0. The summed E-state index contributed by atoms with van der Waals surface area (Å²) in [5.74, 6) is 1.24. The van der Waals surface area contributed by atoms with E-state index in [1.165, 1.54) is 25.0 Å². The normalized spacial score (nSPS) is 24.8. The molecule has 1 aliphatic carbocycles. The van der Waals surface area contributed by atoms with E-state index < -0.39 is 0 Å². The summed E-state index contributed by atoms with van der Waals surface area (Å²) in [5.41, 5.74) is 1.08. The van der Waals surface area contributed by atoms with Crippen LogP contribution in [-0.2, 0) is 6.54 Å². The van der Waals surface area contributed by atoms with E-state index >= 15 is 0 Å².